The molecule has 84 valence electrons. The molecule has 4 nitrogen and oxygen atoms in total. The lowest BCUT2D eigenvalue weighted by atomic mass is 10.1. The van der Waals surface area contributed by atoms with Gasteiger partial charge in [-0.3, -0.25) is 0 Å². The Hall–Kier alpha value is -1.77. The maximum absolute atomic E-state index is 8.12. The van der Waals surface area contributed by atoms with Crippen LogP contribution in [0, 0.1) is 0 Å². The highest BCUT2D eigenvalue weighted by Gasteiger charge is 1.95. The van der Waals surface area contributed by atoms with Gasteiger partial charge in [0.2, 0.25) is 0 Å². The monoisotopic (exact) mass is 216 g/mol. The Morgan fingerprint density at radius 3 is 3.00 bits per heavy atom. The van der Waals surface area contributed by atoms with Crippen LogP contribution < -0.4 is 5.32 Å². The number of nitrogens with zero attached hydrogens (tertiary/aromatic N) is 3. The highest BCUT2D eigenvalue weighted by molar-refractivity contribution is 5.53. The van der Waals surface area contributed by atoms with Crippen molar-refractivity contribution in [3.05, 3.63) is 51.9 Å². The first-order chi connectivity index (χ1) is 7.88. The van der Waals surface area contributed by atoms with Crippen molar-refractivity contribution < 1.29 is 0 Å². The minimum atomic E-state index is 0.515. The summed E-state index contributed by atoms with van der Waals surface area (Å²) < 4.78 is 0. The van der Waals surface area contributed by atoms with E-state index in [1.807, 2.05) is 25.3 Å². The summed E-state index contributed by atoms with van der Waals surface area (Å²) in [5, 5.41) is 6.61. The van der Waals surface area contributed by atoms with Gasteiger partial charge in [-0.1, -0.05) is 41.5 Å². The van der Waals surface area contributed by atoms with Gasteiger partial charge in [0.25, 0.3) is 0 Å². The van der Waals surface area contributed by atoms with Gasteiger partial charge in [-0.15, -0.1) is 0 Å². The molecule has 1 aromatic carbocycles. The van der Waals surface area contributed by atoms with E-state index in [1.165, 1.54) is 11.1 Å². The molecule has 0 radical (unpaired) electrons. The summed E-state index contributed by atoms with van der Waals surface area (Å²) in [7, 11) is 1.93. The predicted molar refractivity (Wildman–Crippen MR) is 66.9 cm³/mol. The normalized spacial score (nSPS) is 10.3. The molecule has 0 aliphatic rings. The summed E-state index contributed by atoms with van der Waals surface area (Å²) in [5.41, 5.74) is 10.6. The van der Waals surface area contributed by atoms with Crippen molar-refractivity contribution in [3.8, 4) is 0 Å². The maximum atomic E-state index is 8.12. The first kappa shape index (κ1) is 12.3. The van der Waals surface area contributed by atoms with Crippen LogP contribution in [0.1, 0.15) is 17.5 Å². The molecule has 0 unspecified atom stereocenters. The van der Waals surface area contributed by atoms with Crippen molar-refractivity contribution >= 4 is 6.08 Å². The van der Waals surface area contributed by atoms with Gasteiger partial charge in [0.05, 0.1) is 0 Å². The van der Waals surface area contributed by atoms with E-state index in [2.05, 4.69) is 33.6 Å². The maximum Gasteiger partial charge on any atom is 0.0292 e. The summed E-state index contributed by atoms with van der Waals surface area (Å²) in [4.78, 5) is 2.71. The third kappa shape index (κ3) is 4.17. The quantitative estimate of drug-likeness (QED) is 0.337. The highest BCUT2D eigenvalue weighted by Crippen LogP contribution is 2.10. The van der Waals surface area contributed by atoms with Crippen molar-refractivity contribution in [2.45, 2.75) is 13.0 Å². The first-order valence-electron chi connectivity index (χ1n) is 5.28. The van der Waals surface area contributed by atoms with Crippen molar-refractivity contribution in [3.63, 3.8) is 0 Å². The van der Waals surface area contributed by atoms with E-state index in [4.69, 9.17) is 5.53 Å². The summed E-state index contributed by atoms with van der Waals surface area (Å²) in [6.45, 7) is 1.37. The zero-order valence-corrected chi connectivity index (χ0v) is 9.43. The van der Waals surface area contributed by atoms with E-state index in [9.17, 15) is 0 Å². The second kappa shape index (κ2) is 7.51. The standard InChI is InChI=1S/C12H16N4/c1-14-10-12-8-3-2-6-11(12)7-4-5-9-15-16-13/h2-4,6-8,14H,5,9-10H2,1H3. The molecular formula is C12H16N4. The number of benzene rings is 1. The molecule has 0 aromatic heterocycles. The summed E-state index contributed by atoms with van der Waals surface area (Å²) in [5.74, 6) is 0. The Balaban J connectivity index is 2.60. The number of azide groups is 1. The van der Waals surface area contributed by atoms with Gasteiger partial charge < -0.3 is 5.32 Å². The van der Waals surface area contributed by atoms with Crippen molar-refractivity contribution in [2.75, 3.05) is 13.6 Å². The summed E-state index contributed by atoms with van der Waals surface area (Å²) >= 11 is 0. The molecule has 0 heterocycles. The van der Waals surface area contributed by atoms with Crippen molar-refractivity contribution in [1.82, 2.24) is 5.32 Å². The van der Waals surface area contributed by atoms with Gasteiger partial charge in [0, 0.05) is 18.0 Å². The van der Waals surface area contributed by atoms with Crippen LogP contribution in [0.5, 0.6) is 0 Å². The number of rotatable bonds is 6. The molecule has 0 saturated heterocycles. The predicted octanol–water partition coefficient (Wildman–Crippen LogP) is 3.12. The molecular weight excluding hydrogens is 200 g/mol. The molecule has 0 spiro atoms. The Bertz CT molecular complexity index is 392. The fraction of sp³-hybridized carbons (Fsp3) is 0.333. The van der Waals surface area contributed by atoms with Crippen LogP contribution in [0.15, 0.2) is 35.5 Å². The number of nitrogens with one attached hydrogen (secondary N) is 1. The van der Waals surface area contributed by atoms with Gasteiger partial charge in [0.1, 0.15) is 0 Å². The average molecular weight is 216 g/mol. The topological polar surface area (TPSA) is 60.8 Å². The van der Waals surface area contributed by atoms with Gasteiger partial charge in [-0.05, 0) is 30.1 Å². The van der Waals surface area contributed by atoms with E-state index >= 15 is 0 Å². The third-order valence-corrected chi connectivity index (χ3v) is 2.18. The third-order valence-electron chi connectivity index (χ3n) is 2.18. The summed E-state index contributed by atoms with van der Waals surface area (Å²) in [6, 6.07) is 8.23. The smallest absolute Gasteiger partial charge is 0.0292 e. The van der Waals surface area contributed by atoms with Crippen molar-refractivity contribution in [2.24, 2.45) is 5.11 Å². The van der Waals surface area contributed by atoms with E-state index in [0.717, 1.165) is 13.0 Å². The second-order valence-electron chi connectivity index (χ2n) is 3.37. The SMILES string of the molecule is CNCc1ccccc1C=CCCN=[N+]=[N-]. The Kier molecular flexibility index (Phi) is 5.78. The van der Waals surface area contributed by atoms with E-state index in [1.54, 1.807) is 0 Å². The van der Waals surface area contributed by atoms with Crippen LogP contribution >= 0.6 is 0 Å². The van der Waals surface area contributed by atoms with E-state index in [0.29, 0.717) is 6.54 Å². The van der Waals surface area contributed by atoms with Crippen molar-refractivity contribution in [1.29, 1.82) is 0 Å². The molecule has 0 saturated carbocycles. The van der Waals surface area contributed by atoms with E-state index < -0.39 is 0 Å². The Labute approximate surface area is 95.6 Å². The molecule has 16 heavy (non-hydrogen) atoms. The first-order valence-corrected chi connectivity index (χ1v) is 5.28. The van der Waals surface area contributed by atoms with Crippen LogP contribution in [0.3, 0.4) is 0 Å². The minimum Gasteiger partial charge on any atom is -0.316 e. The molecule has 0 aliphatic heterocycles. The Morgan fingerprint density at radius 2 is 2.25 bits per heavy atom. The zero-order chi connectivity index (χ0) is 11.6. The molecule has 1 rings (SSSR count). The molecule has 4 heteroatoms. The average Bonchev–Trinajstić information content (AvgIpc) is 2.31. The molecule has 0 fully saturated rings. The van der Waals surface area contributed by atoms with Crippen LogP contribution in [-0.2, 0) is 6.54 Å². The largest absolute Gasteiger partial charge is 0.316 e. The lowest BCUT2D eigenvalue weighted by Gasteiger charge is -2.04. The summed E-state index contributed by atoms with van der Waals surface area (Å²) in [6.07, 6.45) is 4.88. The highest BCUT2D eigenvalue weighted by atomic mass is 15.1. The van der Waals surface area contributed by atoms with Crippen LogP contribution in [0.2, 0.25) is 0 Å². The van der Waals surface area contributed by atoms with Crippen LogP contribution in [-0.4, -0.2) is 13.6 Å². The Morgan fingerprint density at radius 1 is 1.44 bits per heavy atom. The van der Waals surface area contributed by atoms with Crippen LogP contribution in [0.25, 0.3) is 16.5 Å². The lowest BCUT2D eigenvalue weighted by molar-refractivity contribution is 0.816. The minimum absolute atomic E-state index is 0.515. The molecule has 1 aromatic rings. The molecule has 0 atom stereocenters. The van der Waals surface area contributed by atoms with Gasteiger partial charge in [-0.25, -0.2) is 0 Å². The molecule has 0 aliphatic carbocycles. The van der Waals surface area contributed by atoms with Gasteiger partial charge in [0.15, 0.2) is 0 Å². The zero-order valence-electron chi connectivity index (χ0n) is 9.43. The fourth-order valence-electron chi connectivity index (χ4n) is 1.44. The van der Waals surface area contributed by atoms with Crippen LogP contribution in [0.4, 0.5) is 0 Å². The lowest BCUT2D eigenvalue weighted by Crippen LogP contribution is -2.06. The molecule has 0 amide bonds. The molecule has 1 N–H and O–H groups in total. The second-order valence-corrected chi connectivity index (χ2v) is 3.37. The molecule has 0 bridgehead atoms. The number of hydrogen-bond donors (Lipinski definition) is 1. The number of hydrogen-bond acceptors (Lipinski definition) is 2. The van der Waals surface area contributed by atoms with E-state index in [-0.39, 0.29) is 0 Å². The van der Waals surface area contributed by atoms with Gasteiger partial charge >= 0.3 is 0 Å². The fourth-order valence-corrected chi connectivity index (χ4v) is 1.44. The van der Waals surface area contributed by atoms with Gasteiger partial charge in [-0.2, -0.15) is 0 Å².